The largest absolute Gasteiger partial charge is 0.325 e. The highest BCUT2D eigenvalue weighted by molar-refractivity contribution is 8.00. The number of aromatic nitrogens is 4. The fraction of sp³-hybridized carbons (Fsp3) is 0.158. The Morgan fingerprint density at radius 1 is 1.15 bits per heavy atom. The number of fused-ring (bicyclic) bond motifs is 1. The maximum absolute atomic E-state index is 12.6. The van der Waals surface area contributed by atoms with E-state index < -0.39 is 0 Å². The molecule has 6 nitrogen and oxygen atoms in total. The third kappa shape index (κ3) is 3.86. The van der Waals surface area contributed by atoms with Crippen LogP contribution in [0.25, 0.3) is 16.3 Å². The van der Waals surface area contributed by atoms with E-state index >= 15 is 0 Å². The number of hydrogen-bond acceptors (Lipinski definition) is 6. The van der Waals surface area contributed by atoms with Crippen LogP contribution >= 0.6 is 23.1 Å². The van der Waals surface area contributed by atoms with Gasteiger partial charge in [-0.05, 0) is 42.1 Å². The van der Waals surface area contributed by atoms with Gasteiger partial charge in [-0.3, -0.25) is 4.79 Å². The summed E-state index contributed by atoms with van der Waals surface area (Å²) in [6, 6.07) is 17.2. The molecule has 4 aromatic rings. The molecule has 3 heterocycles. The van der Waals surface area contributed by atoms with Gasteiger partial charge in [0.25, 0.3) is 0 Å². The zero-order valence-corrected chi connectivity index (χ0v) is 16.2. The van der Waals surface area contributed by atoms with Crippen LogP contribution in [-0.4, -0.2) is 31.0 Å². The number of benzene rings is 1. The van der Waals surface area contributed by atoms with Crippen molar-refractivity contribution in [3.05, 3.63) is 60.0 Å². The number of anilines is 1. The highest BCUT2D eigenvalue weighted by atomic mass is 32.2. The summed E-state index contributed by atoms with van der Waals surface area (Å²) in [5, 5.41) is 18.5. The van der Waals surface area contributed by atoms with E-state index in [2.05, 4.69) is 20.6 Å². The molecule has 1 aromatic carbocycles. The minimum Gasteiger partial charge on any atom is -0.325 e. The molecule has 27 heavy (non-hydrogen) atoms. The number of amides is 1. The average Bonchev–Trinajstić information content (AvgIpc) is 3.36. The Hall–Kier alpha value is -2.71. The van der Waals surface area contributed by atoms with Gasteiger partial charge in [0.1, 0.15) is 5.03 Å². The molecule has 0 bridgehead atoms. The Kier molecular flexibility index (Phi) is 5.17. The van der Waals surface area contributed by atoms with E-state index in [0.717, 1.165) is 15.6 Å². The van der Waals surface area contributed by atoms with Crippen LogP contribution in [0, 0.1) is 0 Å². The van der Waals surface area contributed by atoms with Crippen molar-refractivity contribution in [1.82, 2.24) is 19.8 Å². The number of rotatable bonds is 6. The van der Waals surface area contributed by atoms with Gasteiger partial charge in [-0.1, -0.05) is 43.0 Å². The minimum atomic E-state index is -0.239. The molecular formula is C19H17N5OS2. The second kappa shape index (κ2) is 7.89. The summed E-state index contributed by atoms with van der Waals surface area (Å²) in [7, 11) is 0. The maximum Gasteiger partial charge on any atom is 0.237 e. The number of carbonyl (C=O) groups is 1. The second-order valence-electron chi connectivity index (χ2n) is 5.81. The van der Waals surface area contributed by atoms with Gasteiger partial charge in [-0.2, -0.15) is 9.61 Å². The molecule has 1 unspecified atom stereocenters. The highest BCUT2D eigenvalue weighted by Crippen LogP contribution is 2.27. The van der Waals surface area contributed by atoms with Gasteiger partial charge in [0.15, 0.2) is 11.5 Å². The predicted octanol–water partition coefficient (Wildman–Crippen LogP) is 4.36. The number of thioether (sulfide) groups is 1. The van der Waals surface area contributed by atoms with Crippen LogP contribution in [0.1, 0.15) is 13.3 Å². The number of para-hydroxylation sites is 1. The van der Waals surface area contributed by atoms with E-state index in [1.807, 2.05) is 66.9 Å². The summed E-state index contributed by atoms with van der Waals surface area (Å²) < 4.78 is 1.73. The lowest BCUT2D eigenvalue weighted by molar-refractivity contribution is -0.115. The molecule has 4 rings (SSSR count). The third-order valence-electron chi connectivity index (χ3n) is 3.95. The topological polar surface area (TPSA) is 72.2 Å². The van der Waals surface area contributed by atoms with Crippen molar-refractivity contribution in [2.75, 3.05) is 5.32 Å². The molecule has 136 valence electrons. The molecule has 3 aromatic heterocycles. The average molecular weight is 396 g/mol. The Labute approximate surface area is 164 Å². The first-order valence-corrected chi connectivity index (χ1v) is 10.3. The van der Waals surface area contributed by atoms with Gasteiger partial charge in [-0.15, -0.1) is 21.5 Å². The van der Waals surface area contributed by atoms with E-state index in [1.54, 1.807) is 15.9 Å². The van der Waals surface area contributed by atoms with Gasteiger partial charge < -0.3 is 5.32 Å². The van der Waals surface area contributed by atoms with Crippen LogP contribution in [0.15, 0.2) is 65.0 Å². The van der Waals surface area contributed by atoms with E-state index in [4.69, 9.17) is 0 Å². The molecule has 0 spiro atoms. The molecule has 0 aliphatic rings. The Morgan fingerprint density at radius 2 is 2.00 bits per heavy atom. The first-order valence-electron chi connectivity index (χ1n) is 8.53. The zero-order valence-electron chi connectivity index (χ0n) is 14.6. The van der Waals surface area contributed by atoms with E-state index in [0.29, 0.717) is 17.9 Å². The fourth-order valence-electron chi connectivity index (χ4n) is 2.61. The third-order valence-corrected chi connectivity index (χ3v) is 6.10. The normalized spacial score (nSPS) is 12.2. The summed E-state index contributed by atoms with van der Waals surface area (Å²) in [6.07, 6.45) is 0.697. The van der Waals surface area contributed by atoms with Gasteiger partial charge in [-0.25, -0.2) is 0 Å². The Morgan fingerprint density at radius 3 is 2.74 bits per heavy atom. The van der Waals surface area contributed by atoms with E-state index in [1.165, 1.54) is 11.8 Å². The summed E-state index contributed by atoms with van der Waals surface area (Å²) in [4.78, 5) is 13.6. The Balaban J connectivity index is 1.56. The molecule has 8 heteroatoms. The molecule has 0 saturated carbocycles. The predicted molar refractivity (Wildman–Crippen MR) is 109 cm³/mol. The number of nitrogens with one attached hydrogen (secondary N) is 1. The lowest BCUT2D eigenvalue weighted by Crippen LogP contribution is -2.24. The first-order chi connectivity index (χ1) is 13.2. The van der Waals surface area contributed by atoms with Gasteiger partial charge in [0.2, 0.25) is 5.91 Å². The van der Waals surface area contributed by atoms with Crippen molar-refractivity contribution in [1.29, 1.82) is 0 Å². The molecule has 0 aliphatic heterocycles. The molecule has 0 saturated heterocycles. The van der Waals surface area contributed by atoms with Crippen LogP contribution in [-0.2, 0) is 4.79 Å². The summed E-state index contributed by atoms with van der Waals surface area (Å²) in [5.41, 5.74) is 1.48. The van der Waals surface area contributed by atoms with Crippen LogP contribution in [0.3, 0.4) is 0 Å². The number of carbonyl (C=O) groups excluding carboxylic acids is 1. The summed E-state index contributed by atoms with van der Waals surface area (Å²) in [6.45, 7) is 2.00. The molecule has 1 amide bonds. The molecule has 0 fully saturated rings. The van der Waals surface area contributed by atoms with Crippen LogP contribution in [0.2, 0.25) is 0 Å². The molecule has 0 radical (unpaired) electrons. The highest BCUT2D eigenvalue weighted by Gasteiger charge is 2.20. The SMILES string of the molecule is CCC(Sc1ccc2nnc(-c3cccs3)n2n1)C(=O)Nc1ccccc1. The number of thiophene rings is 1. The first kappa shape index (κ1) is 17.7. The molecular weight excluding hydrogens is 378 g/mol. The zero-order chi connectivity index (χ0) is 18.6. The van der Waals surface area contributed by atoms with Crippen molar-refractivity contribution in [2.45, 2.75) is 23.6 Å². The molecule has 1 N–H and O–H groups in total. The lowest BCUT2D eigenvalue weighted by Gasteiger charge is -2.14. The Bertz CT molecular complexity index is 1050. The van der Waals surface area contributed by atoms with Gasteiger partial charge >= 0.3 is 0 Å². The van der Waals surface area contributed by atoms with Crippen LogP contribution < -0.4 is 5.32 Å². The summed E-state index contributed by atoms with van der Waals surface area (Å²) >= 11 is 3.04. The quantitative estimate of drug-likeness (QED) is 0.491. The van der Waals surface area contributed by atoms with Crippen LogP contribution in [0.5, 0.6) is 0 Å². The van der Waals surface area contributed by atoms with Crippen molar-refractivity contribution in [2.24, 2.45) is 0 Å². The smallest absolute Gasteiger partial charge is 0.237 e. The van der Waals surface area contributed by atoms with E-state index in [9.17, 15) is 4.79 Å². The number of nitrogens with zero attached hydrogens (tertiary/aromatic N) is 4. The minimum absolute atomic E-state index is 0.0298. The van der Waals surface area contributed by atoms with E-state index in [-0.39, 0.29) is 11.2 Å². The van der Waals surface area contributed by atoms with Crippen molar-refractivity contribution >= 4 is 40.3 Å². The lowest BCUT2D eigenvalue weighted by atomic mass is 10.3. The van der Waals surface area contributed by atoms with Gasteiger partial charge in [0.05, 0.1) is 10.1 Å². The maximum atomic E-state index is 12.6. The van der Waals surface area contributed by atoms with Crippen molar-refractivity contribution < 1.29 is 4.79 Å². The standard InChI is InChI=1S/C19H17N5OS2/c1-2-14(19(25)20-13-7-4-3-5-8-13)27-17-11-10-16-21-22-18(24(16)23-17)15-9-6-12-26-15/h3-12,14H,2H2,1H3,(H,20,25). The fourth-order valence-corrected chi connectivity index (χ4v) is 4.20. The second-order valence-corrected chi connectivity index (χ2v) is 7.98. The molecule has 1 atom stereocenters. The number of hydrogen-bond donors (Lipinski definition) is 1. The van der Waals surface area contributed by atoms with Crippen molar-refractivity contribution in [3.8, 4) is 10.7 Å². The van der Waals surface area contributed by atoms with Gasteiger partial charge in [0, 0.05) is 5.69 Å². The summed E-state index contributed by atoms with van der Waals surface area (Å²) in [5.74, 6) is 0.682. The van der Waals surface area contributed by atoms with Crippen molar-refractivity contribution in [3.63, 3.8) is 0 Å². The van der Waals surface area contributed by atoms with Crippen LogP contribution in [0.4, 0.5) is 5.69 Å². The monoisotopic (exact) mass is 395 g/mol. The molecule has 0 aliphatic carbocycles.